The Hall–Kier alpha value is -1.73. The third-order valence-corrected chi connectivity index (χ3v) is 3.94. The van der Waals surface area contributed by atoms with Crippen molar-refractivity contribution < 1.29 is 8.42 Å². The minimum atomic E-state index is -3.47. The van der Waals surface area contributed by atoms with Gasteiger partial charge in [0.25, 0.3) is 0 Å². The largest absolute Gasteiger partial charge is 0.251 e. The summed E-state index contributed by atoms with van der Waals surface area (Å²) in [5.74, 6) is 0. The first-order valence-electron chi connectivity index (χ1n) is 5.48. The Morgan fingerprint density at radius 1 is 1.33 bits per heavy atom. The van der Waals surface area contributed by atoms with Crippen molar-refractivity contribution in [1.82, 2.24) is 19.5 Å². The Bertz CT molecular complexity index is 581. The minimum Gasteiger partial charge on any atom is -0.251 e. The van der Waals surface area contributed by atoms with Gasteiger partial charge in [0, 0.05) is 6.04 Å². The first-order valence-corrected chi connectivity index (χ1v) is 6.96. The van der Waals surface area contributed by atoms with Gasteiger partial charge in [-0.2, -0.15) is 5.10 Å². The van der Waals surface area contributed by atoms with E-state index in [-0.39, 0.29) is 10.9 Å². The molecule has 1 aromatic heterocycles. The zero-order valence-corrected chi connectivity index (χ0v) is 10.7. The second kappa shape index (κ2) is 5.28. The van der Waals surface area contributed by atoms with Crippen LogP contribution in [0.1, 0.15) is 6.92 Å². The molecule has 0 aliphatic carbocycles. The highest BCUT2D eigenvalue weighted by Gasteiger charge is 2.17. The highest BCUT2D eigenvalue weighted by molar-refractivity contribution is 7.89. The lowest BCUT2D eigenvalue weighted by Crippen LogP contribution is -2.35. The third-order valence-electron chi connectivity index (χ3n) is 2.34. The van der Waals surface area contributed by atoms with E-state index in [9.17, 15) is 8.42 Å². The van der Waals surface area contributed by atoms with Gasteiger partial charge in [0.15, 0.2) is 0 Å². The number of hydrogen-bond donors (Lipinski definition) is 1. The zero-order chi connectivity index (χ0) is 13.0. The topological polar surface area (TPSA) is 76.9 Å². The third kappa shape index (κ3) is 3.14. The van der Waals surface area contributed by atoms with Crippen molar-refractivity contribution in [2.75, 3.05) is 0 Å². The van der Waals surface area contributed by atoms with Gasteiger partial charge in [-0.1, -0.05) is 18.2 Å². The van der Waals surface area contributed by atoms with Crippen molar-refractivity contribution in [3.63, 3.8) is 0 Å². The average Bonchev–Trinajstić information content (AvgIpc) is 2.82. The average molecular weight is 266 g/mol. The SMILES string of the molecule is CC(Cn1cncn1)NS(=O)(=O)c1ccccc1. The number of nitrogens with zero attached hydrogens (tertiary/aromatic N) is 3. The minimum absolute atomic E-state index is 0.260. The Morgan fingerprint density at radius 2 is 2.06 bits per heavy atom. The molecule has 7 heteroatoms. The van der Waals surface area contributed by atoms with Crippen LogP contribution in [0.3, 0.4) is 0 Å². The van der Waals surface area contributed by atoms with Crippen molar-refractivity contribution in [3.8, 4) is 0 Å². The summed E-state index contributed by atoms with van der Waals surface area (Å²) >= 11 is 0. The van der Waals surface area contributed by atoms with Crippen LogP contribution in [0, 0.1) is 0 Å². The molecule has 1 N–H and O–H groups in total. The lowest BCUT2D eigenvalue weighted by molar-refractivity contribution is 0.493. The first kappa shape index (κ1) is 12.7. The summed E-state index contributed by atoms with van der Waals surface area (Å²) in [4.78, 5) is 4.06. The van der Waals surface area contributed by atoms with E-state index in [1.54, 1.807) is 48.3 Å². The molecule has 0 bridgehead atoms. The molecule has 2 aromatic rings. The molecule has 6 nitrogen and oxygen atoms in total. The van der Waals surface area contributed by atoms with Gasteiger partial charge in [0.05, 0.1) is 11.4 Å². The van der Waals surface area contributed by atoms with Crippen molar-refractivity contribution in [3.05, 3.63) is 43.0 Å². The van der Waals surface area contributed by atoms with Gasteiger partial charge in [0.1, 0.15) is 12.7 Å². The van der Waals surface area contributed by atoms with E-state index in [2.05, 4.69) is 14.8 Å². The molecule has 0 amide bonds. The number of hydrogen-bond acceptors (Lipinski definition) is 4. The van der Waals surface area contributed by atoms with Crippen LogP contribution in [-0.4, -0.2) is 29.2 Å². The maximum atomic E-state index is 12.0. The van der Waals surface area contributed by atoms with Crippen LogP contribution in [0.25, 0.3) is 0 Å². The Kier molecular flexibility index (Phi) is 3.73. The van der Waals surface area contributed by atoms with Gasteiger partial charge in [-0.25, -0.2) is 18.1 Å². The smallest absolute Gasteiger partial charge is 0.240 e. The summed E-state index contributed by atoms with van der Waals surface area (Å²) in [7, 11) is -3.47. The highest BCUT2D eigenvalue weighted by Crippen LogP contribution is 2.08. The molecule has 0 fully saturated rings. The predicted molar refractivity (Wildman–Crippen MR) is 66.2 cm³/mol. The number of nitrogens with one attached hydrogen (secondary N) is 1. The molecule has 0 radical (unpaired) electrons. The van der Waals surface area contributed by atoms with E-state index in [4.69, 9.17) is 0 Å². The highest BCUT2D eigenvalue weighted by atomic mass is 32.2. The molecule has 0 aliphatic heterocycles. The number of sulfonamides is 1. The summed E-state index contributed by atoms with van der Waals surface area (Å²) in [5, 5.41) is 3.93. The van der Waals surface area contributed by atoms with Gasteiger partial charge in [0.2, 0.25) is 10.0 Å². The molecule has 1 atom stereocenters. The molecule has 1 unspecified atom stereocenters. The molecule has 2 rings (SSSR count). The first-order chi connectivity index (χ1) is 8.58. The fourth-order valence-corrected chi connectivity index (χ4v) is 2.83. The van der Waals surface area contributed by atoms with Crippen LogP contribution in [0.2, 0.25) is 0 Å². The molecular formula is C11H14N4O2S. The fraction of sp³-hybridized carbons (Fsp3) is 0.273. The molecule has 0 saturated carbocycles. The lowest BCUT2D eigenvalue weighted by atomic mass is 10.4. The van der Waals surface area contributed by atoms with Crippen molar-refractivity contribution in [1.29, 1.82) is 0 Å². The number of rotatable bonds is 5. The Labute approximate surface area is 106 Å². The molecule has 0 spiro atoms. The summed E-state index contributed by atoms with van der Waals surface area (Å²) in [6.07, 6.45) is 2.96. The van der Waals surface area contributed by atoms with E-state index in [1.165, 1.54) is 6.33 Å². The van der Waals surface area contributed by atoms with Crippen LogP contribution in [0.15, 0.2) is 47.9 Å². The number of benzene rings is 1. The van der Waals surface area contributed by atoms with Crippen LogP contribution in [0.4, 0.5) is 0 Å². The van der Waals surface area contributed by atoms with Crippen molar-refractivity contribution in [2.45, 2.75) is 24.4 Å². The lowest BCUT2D eigenvalue weighted by Gasteiger charge is -2.13. The maximum absolute atomic E-state index is 12.0. The Morgan fingerprint density at radius 3 is 2.67 bits per heavy atom. The van der Waals surface area contributed by atoms with Gasteiger partial charge in [-0.3, -0.25) is 4.68 Å². The number of aromatic nitrogens is 3. The van der Waals surface area contributed by atoms with E-state index in [0.29, 0.717) is 6.54 Å². The summed E-state index contributed by atoms with van der Waals surface area (Å²) in [6.45, 7) is 2.22. The van der Waals surface area contributed by atoms with Crippen LogP contribution < -0.4 is 4.72 Å². The summed E-state index contributed by atoms with van der Waals surface area (Å²) < 4.78 is 28.2. The molecule has 18 heavy (non-hydrogen) atoms. The predicted octanol–water partition coefficient (Wildman–Crippen LogP) is 0.645. The van der Waals surface area contributed by atoms with Crippen LogP contribution >= 0.6 is 0 Å². The summed E-state index contributed by atoms with van der Waals surface area (Å²) in [5.41, 5.74) is 0. The van der Waals surface area contributed by atoms with Crippen molar-refractivity contribution >= 4 is 10.0 Å². The van der Waals surface area contributed by atoms with E-state index in [0.717, 1.165) is 0 Å². The van der Waals surface area contributed by atoms with Crippen molar-refractivity contribution in [2.24, 2.45) is 0 Å². The standard InChI is InChI=1S/C11H14N4O2S/c1-10(7-15-9-12-8-13-15)14-18(16,17)11-5-3-2-4-6-11/h2-6,8-10,14H,7H2,1H3. The fourth-order valence-electron chi connectivity index (χ4n) is 1.58. The van der Waals surface area contributed by atoms with E-state index in [1.807, 2.05) is 0 Å². The summed E-state index contributed by atoms with van der Waals surface area (Å²) in [6, 6.07) is 8.01. The zero-order valence-electron chi connectivity index (χ0n) is 9.89. The second-order valence-corrected chi connectivity index (χ2v) is 5.67. The maximum Gasteiger partial charge on any atom is 0.240 e. The second-order valence-electron chi connectivity index (χ2n) is 3.95. The molecule has 1 heterocycles. The van der Waals surface area contributed by atoms with Gasteiger partial charge in [-0.15, -0.1) is 0 Å². The quantitative estimate of drug-likeness (QED) is 0.861. The molecule has 1 aromatic carbocycles. The molecule has 96 valence electrons. The molecule has 0 saturated heterocycles. The van der Waals surface area contributed by atoms with Crippen LogP contribution in [-0.2, 0) is 16.6 Å². The van der Waals surface area contributed by atoms with E-state index < -0.39 is 10.0 Å². The van der Waals surface area contributed by atoms with Crippen LogP contribution in [0.5, 0.6) is 0 Å². The van der Waals surface area contributed by atoms with E-state index >= 15 is 0 Å². The molecular weight excluding hydrogens is 252 g/mol. The monoisotopic (exact) mass is 266 g/mol. The molecule has 0 aliphatic rings. The Balaban J connectivity index is 2.05. The van der Waals surface area contributed by atoms with Gasteiger partial charge in [-0.05, 0) is 19.1 Å². The van der Waals surface area contributed by atoms with Gasteiger partial charge >= 0.3 is 0 Å². The normalized spacial score (nSPS) is 13.4. The van der Waals surface area contributed by atoms with Gasteiger partial charge < -0.3 is 0 Å².